The Labute approximate surface area is 164 Å². The first kappa shape index (κ1) is 21.9. The van der Waals surface area contributed by atoms with E-state index >= 15 is 0 Å². The third-order valence-electron chi connectivity index (χ3n) is 5.89. The zero-order chi connectivity index (χ0) is 21.0. The minimum Gasteiger partial charge on any atom is -0.436 e. The molecule has 0 amide bonds. The lowest BCUT2D eigenvalue weighted by Crippen LogP contribution is -2.73. The zero-order valence-electron chi connectivity index (χ0n) is 16.9. The minimum atomic E-state index is -1.28. The monoisotopic (exact) mass is 404 g/mol. The summed E-state index contributed by atoms with van der Waals surface area (Å²) in [7, 11) is 0. The fourth-order valence-corrected chi connectivity index (χ4v) is 6.32. The quantitative estimate of drug-likeness (QED) is 0.337. The molecule has 0 heterocycles. The highest BCUT2D eigenvalue weighted by Crippen LogP contribution is 2.68. The van der Waals surface area contributed by atoms with Gasteiger partial charge in [0.1, 0.15) is 0 Å². The summed E-state index contributed by atoms with van der Waals surface area (Å²) in [5.74, 6) is -0.600. The molecule has 162 valence electrons. The Hall–Kier alpha value is -0.810. The predicted molar refractivity (Wildman–Crippen MR) is 94.4 cm³/mol. The lowest BCUT2D eigenvalue weighted by Gasteiger charge is -2.68. The zero-order valence-corrected chi connectivity index (χ0v) is 16.9. The molecule has 0 aromatic rings. The van der Waals surface area contributed by atoms with Crippen molar-refractivity contribution in [3.05, 3.63) is 0 Å². The van der Waals surface area contributed by atoms with E-state index in [-0.39, 0.29) is 19.3 Å². The molecule has 4 unspecified atom stereocenters. The Bertz CT molecular complexity index is 528. The van der Waals surface area contributed by atoms with Crippen LogP contribution in [0, 0.1) is 5.41 Å². The second-order valence-corrected chi connectivity index (χ2v) is 9.05. The van der Waals surface area contributed by atoms with Crippen molar-refractivity contribution in [2.45, 2.75) is 108 Å². The van der Waals surface area contributed by atoms with E-state index < -0.39 is 53.3 Å². The number of hydrogen-bond acceptors (Lipinski definition) is 9. The van der Waals surface area contributed by atoms with Gasteiger partial charge in [-0.3, -0.25) is 4.79 Å². The van der Waals surface area contributed by atoms with Crippen LogP contribution in [0.3, 0.4) is 0 Å². The Kier molecular flexibility index (Phi) is 5.59. The van der Waals surface area contributed by atoms with Crippen molar-refractivity contribution in [1.82, 2.24) is 0 Å². The summed E-state index contributed by atoms with van der Waals surface area (Å²) >= 11 is 0. The molecule has 0 saturated heterocycles. The molecule has 0 aromatic heterocycles. The minimum absolute atomic E-state index is 0.270. The van der Waals surface area contributed by atoms with Crippen molar-refractivity contribution in [3.8, 4) is 0 Å². The average Bonchev–Trinajstić information content (AvgIpc) is 2.39. The second-order valence-electron chi connectivity index (χ2n) is 9.05. The van der Waals surface area contributed by atoms with Crippen LogP contribution in [0.15, 0.2) is 0 Å². The molecule has 4 aliphatic carbocycles. The topological polar surface area (TPSA) is 135 Å². The summed E-state index contributed by atoms with van der Waals surface area (Å²) in [6, 6.07) is 0. The third-order valence-corrected chi connectivity index (χ3v) is 5.89. The first-order valence-corrected chi connectivity index (χ1v) is 9.80. The number of carbonyl (C=O) groups excluding carboxylic acids is 1. The SMILES string of the molecule is CC(O)OC(=O)C12CC3(OC(C)O)CC(OC(C)O)(CC(OC(C)O)(C3)C1)C2. The maximum absolute atomic E-state index is 13.1. The molecule has 0 aromatic carbocycles. The van der Waals surface area contributed by atoms with Crippen LogP contribution in [-0.2, 0) is 23.7 Å². The van der Waals surface area contributed by atoms with Crippen molar-refractivity contribution in [2.75, 3.05) is 0 Å². The van der Waals surface area contributed by atoms with E-state index in [2.05, 4.69) is 0 Å². The Morgan fingerprint density at radius 1 is 0.643 bits per heavy atom. The van der Waals surface area contributed by atoms with Gasteiger partial charge in [-0.15, -0.1) is 0 Å². The smallest absolute Gasteiger partial charge is 0.314 e. The fourth-order valence-electron chi connectivity index (χ4n) is 6.32. The number of hydrogen-bond donors (Lipinski definition) is 4. The van der Waals surface area contributed by atoms with Crippen LogP contribution in [-0.4, -0.2) is 68.4 Å². The number of aliphatic hydroxyl groups is 4. The molecule has 0 radical (unpaired) electrons. The summed E-state index contributed by atoms with van der Waals surface area (Å²) in [6.07, 6.45) is -2.64. The summed E-state index contributed by atoms with van der Waals surface area (Å²) in [4.78, 5) is 13.1. The summed E-state index contributed by atoms with van der Waals surface area (Å²) in [5, 5.41) is 39.5. The fraction of sp³-hybridized carbons (Fsp3) is 0.947. The lowest BCUT2D eigenvalue weighted by molar-refractivity contribution is -0.359. The van der Waals surface area contributed by atoms with Gasteiger partial charge >= 0.3 is 5.97 Å². The molecular formula is C19H32O9. The first-order chi connectivity index (χ1) is 12.8. The van der Waals surface area contributed by atoms with Gasteiger partial charge in [0.05, 0.1) is 22.2 Å². The maximum atomic E-state index is 13.1. The van der Waals surface area contributed by atoms with Crippen molar-refractivity contribution >= 4 is 5.97 Å². The Morgan fingerprint density at radius 3 is 1.21 bits per heavy atom. The highest BCUT2D eigenvalue weighted by Gasteiger charge is 2.73. The van der Waals surface area contributed by atoms with Crippen LogP contribution >= 0.6 is 0 Å². The Balaban J connectivity index is 2.08. The summed E-state index contributed by atoms with van der Waals surface area (Å²) in [6.45, 7) is 5.82. The largest absolute Gasteiger partial charge is 0.436 e. The molecule has 4 saturated carbocycles. The molecule has 4 N–H and O–H groups in total. The molecule has 4 rings (SSSR count). The van der Waals surface area contributed by atoms with Gasteiger partial charge in [-0.2, -0.15) is 0 Å². The van der Waals surface area contributed by atoms with Gasteiger partial charge in [-0.25, -0.2) is 0 Å². The molecule has 4 fully saturated rings. The molecule has 9 nitrogen and oxygen atoms in total. The average molecular weight is 404 g/mol. The van der Waals surface area contributed by atoms with E-state index in [0.717, 1.165) is 0 Å². The molecule has 9 heteroatoms. The standard InChI is InChI=1S/C19H32O9/c1-11(20)25-15(24)16-5-17(26-12(2)21)8-18(6-16,27-13(3)22)10-19(7-16,9-17)28-14(4)23/h11-14,20-23H,5-10H2,1-4H3. The summed E-state index contributed by atoms with van der Waals surface area (Å²) < 4.78 is 22.9. The van der Waals surface area contributed by atoms with Gasteiger partial charge in [-0.1, -0.05) is 0 Å². The van der Waals surface area contributed by atoms with Crippen molar-refractivity contribution in [3.63, 3.8) is 0 Å². The molecule has 4 bridgehead atoms. The normalized spacial score (nSPS) is 43.4. The summed E-state index contributed by atoms with van der Waals surface area (Å²) in [5.41, 5.74) is -3.95. The van der Waals surface area contributed by atoms with Gasteiger partial charge in [0.15, 0.2) is 25.2 Å². The van der Waals surface area contributed by atoms with Crippen LogP contribution in [0.1, 0.15) is 66.2 Å². The molecular weight excluding hydrogens is 372 g/mol. The van der Waals surface area contributed by atoms with Crippen molar-refractivity contribution < 1.29 is 44.2 Å². The van der Waals surface area contributed by atoms with E-state index in [9.17, 15) is 25.2 Å². The first-order valence-electron chi connectivity index (χ1n) is 9.80. The van der Waals surface area contributed by atoms with Crippen LogP contribution in [0.2, 0.25) is 0 Å². The second kappa shape index (κ2) is 7.16. The number of ether oxygens (including phenoxy) is 4. The van der Waals surface area contributed by atoms with Crippen molar-refractivity contribution in [2.24, 2.45) is 5.41 Å². The highest BCUT2D eigenvalue weighted by molar-refractivity contribution is 5.78. The predicted octanol–water partition coefficient (Wildman–Crippen LogP) is 0.517. The highest BCUT2D eigenvalue weighted by atomic mass is 16.7. The van der Waals surface area contributed by atoms with E-state index in [1.807, 2.05) is 0 Å². The van der Waals surface area contributed by atoms with E-state index in [4.69, 9.17) is 18.9 Å². The van der Waals surface area contributed by atoms with Crippen LogP contribution in [0.5, 0.6) is 0 Å². The number of esters is 1. The molecule has 0 spiro atoms. The third kappa shape index (κ3) is 4.07. The number of carbonyl (C=O) groups is 1. The Morgan fingerprint density at radius 2 is 0.964 bits per heavy atom. The van der Waals surface area contributed by atoms with Crippen LogP contribution in [0.4, 0.5) is 0 Å². The van der Waals surface area contributed by atoms with Gasteiger partial charge < -0.3 is 39.4 Å². The van der Waals surface area contributed by atoms with Gasteiger partial charge in [0.25, 0.3) is 0 Å². The number of rotatable bonds is 8. The van der Waals surface area contributed by atoms with Crippen LogP contribution in [0.25, 0.3) is 0 Å². The molecule has 28 heavy (non-hydrogen) atoms. The van der Waals surface area contributed by atoms with Crippen molar-refractivity contribution in [1.29, 1.82) is 0 Å². The molecule has 0 aliphatic heterocycles. The molecule has 4 atom stereocenters. The van der Waals surface area contributed by atoms with Gasteiger partial charge in [-0.05, 0) is 47.0 Å². The van der Waals surface area contributed by atoms with E-state index in [0.29, 0.717) is 19.3 Å². The van der Waals surface area contributed by atoms with E-state index in [1.165, 1.54) is 27.7 Å². The van der Waals surface area contributed by atoms with Gasteiger partial charge in [0, 0.05) is 19.3 Å². The molecule has 4 aliphatic rings. The van der Waals surface area contributed by atoms with Crippen LogP contribution < -0.4 is 0 Å². The van der Waals surface area contributed by atoms with Gasteiger partial charge in [0.2, 0.25) is 0 Å². The van der Waals surface area contributed by atoms with E-state index in [1.54, 1.807) is 0 Å². The lowest BCUT2D eigenvalue weighted by atomic mass is 9.44. The maximum Gasteiger partial charge on any atom is 0.314 e. The number of aliphatic hydroxyl groups excluding tert-OH is 4.